The fourth-order valence-electron chi connectivity index (χ4n) is 1.56. The predicted octanol–water partition coefficient (Wildman–Crippen LogP) is 4.92. The van der Waals surface area contributed by atoms with Crippen LogP contribution in [-0.4, -0.2) is 5.88 Å². The summed E-state index contributed by atoms with van der Waals surface area (Å²) in [6.45, 7) is 6.34. The third kappa shape index (κ3) is 3.64. The first kappa shape index (κ1) is 13.8. The molecule has 0 nitrogen and oxygen atoms in total. The van der Waals surface area contributed by atoms with E-state index in [4.69, 9.17) is 23.2 Å². The van der Waals surface area contributed by atoms with Crippen LogP contribution in [0.5, 0.6) is 0 Å². The Kier molecular flexibility index (Phi) is 4.63. The smallest absolute Gasteiger partial charge is 0.126 e. The maximum absolute atomic E-state index is 13.6. The zero-order chi connectivity index (χ0) is 12.3. The lowest BCUT2D eigenvalue weighted by Crippen LogP contribution is -2.24. The van der Waals surface area contributed by atoms with Gasteiger partial charge in [0.1, 0.15) is 5.82 Å². The number of rotatable bonds is 3. The van der Waals surface area contributed by atoms with Gasteiger partial charge in [0.25, 0.3) is 0 Å². The van der Waals surface area contributed by atoms with Crippen molar-refractivity contribution >= 4 is 23.2 Å². The first-order chi connectivity index (χ1) is 7.34. The van der Waals surface area contributed by atoms with Gasteiger partial charge in [-0.2, -0.15) is 0 Å². The van der Waals surface area contributed by atoms with Crippen molar-refractivity contribution in [3.63, 3.8) is 0 Å². The molecule has 0 heterocycles. The Morgan fingerprint density at radius 1 is 1.31 bits per heavy atom. The van der Waals surface area contributed by atoms with E-state index < -0.39 is 0 Å². The summed E-state index contributed by atoms with van der Waals surface area (Å²) < 4.78 is 13.6. The minimum Gasteiger partial charge on any atom is -0.207 e. The molecule has 0 amide bonds. The summed E-state index contributed by atoms with van der Waals surface area (Å²) in [5.41, 5.74) is 0.712. The van der Waals surface area contributed by atoms with E-state index in [9.17, 15) is 4.39 Å². The van der Waals surface area contributed by atoms with E-state index in [0.717, 1.165) is 0 Å². The van der Waals surface area contributed by atoms with Gasteiger partial charge in [-0.15, -0.1) is 11.6 Å². The number of halogens is 3. The molecule has 0 aliphatic heterocycles. The minimum absolute atomic E-state index is 0.0660. The summed E-state index contributed by atoms with van der Waals surface area (Å²) in [5, 5.41) is 0.568. The molecule has 0 aromatic heterocycles. The van der Waals surface area contributed by atoms with Crippen LogP contribution in [0.3, 0.4) is 0 Å². The Hall–Kier alpha value is -0.270. The summed E-state index contributed by atoms with van der Waals surface area (Å²) in [6.07, 6.45) is 0.624. The van der Waals surface area contributed by atoms with E-state index in [2.05, 4.69) is 20.8 Å². The van der Waals surface area contributed by atoms with Crippen molar-refractivity contribution in [2.75, 3.05) is 5.88 Å². The summed E-state index contributed by atoms with van der Waals surface area (Å²) in [5.74, 6) is 0.557. The molecule has 0 radical (unpaired) electrons. The molecule has 0 fully saturated rings. The van der Waals surface area contributed by atoms with Crippen LogP contribution in [0.4, 0.5) is 4.39 Å². The quantitative estimate of drug-likeness (QED) is 0.679. The second-order valence-electron chi connectivity index (χ2n) is 5.16. The van der Waals surface area contributed by atoms with Gasteiger partial charge in [-0.1, -0.05) is 32.4 Å². The summed E-state index contributed by atoms with van der Waals surface area (Å²) in [7, 11) is 0. The zero-order valence-electron chi connectivity index (χ0n) is 9.86. The van der Waals surface area contributed by atoms with Crippen LogP contribution in [0.15, 0.2) is 18.2 Å². The van der Waals surface area contributed by atoms with Gasteiger partial charge in [0.15, 0.2) is 0 Å². The van der Waals surface area contributed by atoms with Crippen LogP contribution in [0.25, 0.3) is 0 Å². The summed E-state index contributed by atoms with van der Waals surface area (Å²) in [4.78, 5) is 0. The molecule has 0 N–H and O–H groups in total. The fraction of sp³-hybridized carbons (Fsp3) is 0.538. The highest BCUT2D eigenvalue weighted by Crippen LogP contribution is 2.31. The Morgan fingerprint density at radius 3 is 2.44 bits per heavy atom. The number of alkyl halides is 1. The highest BCUT2D eigenvalue weighted by atomic mass is 35.5. The lowest BCUT2D eigenvalue weighted by Gasteiger charge is -2.29. The van der Waals surface area contributed by atoms with Crippen molar-refractivity contribution in [2.45, 2.75) is 27.2 Å². The topological polar surface area (TPSA) is 0 Å². The highest BCUT2D eigenvalue weighted by molar-refractivity contribution is 6.30. The predicted molar refractivity (Wildman–Crippen MR) is 68.8 cm³/mol. The van der Waals surface area contributed by atoms with Gasteiger partial charge in [0, 0.05) is 10.9 Å². The maximum Gasteiger partial charge on any atom is 0.126 e. The molecule has 0 saturated heterocycles. The van der Waals surface area contributed by atoms with Crippen molar-refractivity contribution in [3.05, 3.63) is 34.6 Å². The highest BCUT2D eigenvalue weighted by Gasteiger charge is 2.24. The van der Waals surface area contributed by atoms with Gasteiger partial charge in [-0.05, 0) is 41.5 Å². The van der Waals surface area contributed by atoms with E-state index in [1.165, 1.54) is 6.07 Å². The van der Waals surface area contributed by atoms with Crippen LogP contribution in [0, 0.1) is 17.2 Å². The SMILES string of the molecule is CC(C)(C)C(CCl)Cc1cc(Cl)ccc1F. The van der Waals surface area contributed by atoms with Crippen molar-refractivity contribution < 1.29 is 4.39 Å². The third-order valence-electron chi connectivity index (χ3n) is 2.89. The second kappa shape index (κ2) is 5.37. The standard InChI is InChI=1S/C13H17Cl2F/c1-13(2,3)10(8-14)6-9-7-11(15)4-5-12(9)16/h4-5,7,10H,6,8H2,1-3H3. The molecule has 1 aromatic carbocycles. The first-order valence-electron chi connectivity index (χ1n) is 5.34. The van der Waals surface area contributed by atoms with E-state index in [-0.39, 0.29) is 17.2 Å². The summed E-state index contributed by atoms with van der Waals surface area (Å²) in [6, 6.07) is 4.65. The largest absolute Gasteiger partial charge is 0.207 e. The molecule has 0 bridgehead atoms. The van der Waals surface area contributed by atoms with Gasteiger partial charge in [-0.3, -0.25) is 0 Å². The van der Waals surface area contributed by atoms with Gasteiger partial charge in [0.05, 0.1) is 0 Å². The van der Waals surface area contributed by atoms with Gasteiger partial charge >= 0.3 is 0 Å². The Morgan fingerprint density at radius 2 is 1.94 bits per heavy atom. The van der Waals surface area contributed by atoms with Crippen LogP contribution in [0.1, 0.15) is 26.3 Å². The molecule has 0 aliphatic rings. The van der Waals surface area contributed by atoms with Crippen molar-refractivity contribution in [2.24, 2.45) is 11.3 Å². The minimum atomic E-state index is -0.205. The zero-order valence-corrected chi connectivity index (χ0v) is 11.4. The third-order valence-corrected chi connectivity index (χ3v) is 3.49. The molecule has 1 atom stereocenters. The molecule has 1 rings (SSSR count). The molecule has 0 aliphatic carbocycles. The van der Waals surface area contributed by atoms with Crippen molar-refractivity contribution in [1.29, 1.82) is 0 Å². The molecular weight excluding hydrogens is 246 g/mol. The number of hydrogen-bond donors (Lipinski definition) is 0. The molecular formula is C13H17Cl2F. The van der Waals surface area contributed by atoms with Gasteiger partial charge in [-0.25, -0.2) is 4.39 Å². The number of benzene rings is 1. The molecule has 1 aromatic rings. The Labute approximate surface area is 107 Å². The molecule has 16 heavy (non-hydrogen) atoms. The molecule has 1 unspecified atom stereocenters. The normalized spacial score (nSPS) is 13.9. The van der Waals surface area contributed by atoms with E-state index in [0.29, 0.717) is 22.9 Å². The molecule has 0 spiro atoms. The maximum atomic E-state index is 13.6. The van der Waals surface area contributed by atoms with Gasteiger partial charge in [0.2, 0.25) is 0 Å². The summed E-state index contributed by atoms with van der Waals surface area (Å²) >= 11 is 11.8. The van der Waals surface area contributed by atoms with Gasteiger partial charge < -0.3 is 0 Å². The van der Waals surface area contributed by atoms with Crippen molar-refractivity contribution in [3.8, 4) is 0 Å². The van der Waals surface area contributed by atoms with Crippen LogP contribution in [0.2, 0.25) is 5.02 Å². The van der Waals surface area contributed by atoms with Crippen LogP contribution >= 0.6 is 23.2 Å². The first-order valence-corrected chi connectivity index (χ1v) is 6.25. The monoisotopic (exact) mass is 262 g/mol. The van der Waals surface area contributed by atoms with Crippen molar-refractivity contribution in [1.82, 2.24) is 0 Å². The Balaban J connectivity index is 2.90. The lowest BCUT2D eigenvalue weighted by molar-refractivity contribution is 0.262. The second-order valence-corrected chi connectivity index (χ2v) is 5.90. The average molecular weight is 263 g/mol. The average Bonchev–Trinajstić information content (AvgIpc) is 2.17. The van der Waals surface area contributed by atoms with Crippen LogP contribution in [-0.2, 0) is 6.42 Å². The van der Waals surface area contributed by atoms with E-state index >= 15 is 0 Å². The number of hydrogen-bond acceptors (Lipinski definition) is 0. The molecule has 3 heteroatoms. The van der Waals surface area contributed by atoms with E-state index in [1.807, 2.05) is 0 Å². The van der Waals surface area contributed by atoms with E-state index in [1.54, 1.807) is 12.1 Å². The van der Waals surface area contributed by atoms with Crippen LogP contribution < -0.4 is 0 Å². The fourth-order valence-corrected chi connectivity index (χ4v) is 2.32. The molecule has 90 valence electrons. The molecule has 0 saturated carbocycles. The Bertz CT molecular complexity index is 355. The lowest BCUT2D eigenvalue weighted by atomic mass is 9.78.